The molecule has 0 spiro atoms. The largest absolute Gasteiger partial charge is 0.467 e. The summed E-state index contributed by atoms with van der Waals surface area (Å²) < 4.78 is 5.31. The standard InChI is InChI=1S/C17H20N4O/c1-22-17-19-15-6-8-18-10-14(15)16(20-17)21-9-7-12-4-2-3-5-13(12)11-21/h2-5,18H,6-11H2,1H3. The molecule has 22 heavy (non-hydrogen) atoms. The lowest BCUT2D eigenvalue weighted by atomic mass is 9.99. The average molecular weight is 296 g/mol. The van der Waals surface area contributed by atoms with E-state index in [9.17, 15) is 0 Å². The monoisotopic (exact) mass is 296 g/mol. The van der Waals surface area contributed by atoms with Crippen molar-refractivity contribution in [2.45, 2.75) is 25.9 Å². The number of methoxy groups -OCH3 is 1. The van der Waals surface area contributed by atoms with Gasteiger partial charge in [0, 0.05) is 38.2 Å². The molecule has 0 fully saturated rings. The van der Waals surface area contributed by atoms with Gasteiger partial charge in [-0.2, -0.15) is 9.97 Å². The lowest BCUT2D eigenvalue weighted by Crippen LogP contribution is -2.34. The van der Waals surface area contributed by atoms with Gasteiger partial charge >= 0.3 is 6.01 Å². The first-order chi connectivity index (χ1) is 10.8. The van der Waals surface area contributed by atoms with E-state index in [0.29, 0.717) is 6.01 Å². The summed E-state index contributed by atoms with van der Waals surface area (Å²) in [5, 5.41) is 3.43. The average Bonchev–Trinajstić information content (AvgIpc) is 2.60. The summed E-state index contributed by atoms with van der Waals surface area (Å²) in [5.74, 6) is 1.03. The summed E-state index contributed by atoms with van der Waals surface area (Å²) in [7, 11) is 1.64. The van der Waals surface area contributed by atoms with Crippen LogP contribution in [0.1, 0.15) is 22.4 Å². The second kappa shape index (κ2) is 5.57. The van der Waals surface area contributed by atoms with Gasteiger partial charge in [-0.25, -0.2) is 0 Å². The summed E-state index contributed by atoms with van der Waals surface area (Å²) >= 11 is 0. The lowest BCUT2D eigenvalue weighted by Gasteiger charge is -2.32. The summed E-state index contributed by atoms with van der Waals surface area (Å²) in [5.41, 5.74) is 5.20. The van der Waals surface area contributed by atoms with Crippen LogP contribution in [0.25, 0.3) is 0 Å². The van der Waals surface area contributed by atoms with Crippen LogP contribution in [0.4, 0.5) is 5.82 Å². The van der Waals surface area contributed by atoms with Crippen molar-refractivity contribution in [2.24, 2.45) is 0 Å². The van der Waals surface area contributed by atoms with Crippen LogP contribution in [-0.2, 0) is 25.9 Å². The molecule has 0 saturated carbocycles. The number of ether oxygens (including phenoxy) is 1. The SMILES string of the molecule is COc1nc2c(c(N3CCc4ccccc4C3)n1)CNCC2. The highest BCUT2D eigenvalue weighted by molar-refractivity contribution is 5.53. The van der Waals surface area contributed by atoms with Crippen molar-refractivity contribution in [2.75, 3.05) is 25.1 Å². The van der Waals surface area contributed by atoms with E-state index in [-0.39, 0.29) is 0 Å². The van der Waals surface area contributed by atoms with Crippen molar-refractivity contribution in [1.82, 2.24) is 15.3 Å². The Morgan fingerprint density at radius 1 is 1.14 bits per heavy atom. The molecular formula is C17H20N4O. The Hall–Kier alpha value is -2.14. The molecule has 0 amide bonds. The molecule has 1 aromatic heterocycles. The molecule has 1 N–H and O–H groups in total. The molecule has 0 atom stereocenters. The maximum absolute atomic E-state index is 5.31. The van der Waals surface area contributed by atoms with Crippen molar-refractivity contribution in [3.05, 3.63) is 46.6 Å². The number of hydrogen-bond acceptors (Lipinski definition) is 5. The number of nitrogens with one attached hydrogen (secondary N) is 1. The van der Waals surface area contributed by atoms with Gasteiger partial charge in [0.05, 0.1) is 12.8 Å². The Kier molecular flexibility index (Phi) is 3.42. The molecule has 3 heterocycles. The number of nitrogens with zero attached hydrogens (tertiary/aromatic N) is 3. The Bertz CT molecular complexity index is 701. The fourth-order valence-electron chi connectivity index (χ4n) is 3.33. The van der Waals surface area contributed by atoms with E-state index in [1.54, 1.807) is 7.11 Å². The molecule has 2 aliphatic heterocycles. The van der Waals surface area contributed by atoms with Gasteiger partial charge in [-0.3, -0.25) is 0 Å². The topological polar surface area (TPSA) is 50.3 Å². The first kappa shape index (κ1) is 13.5. The van der Waals surface area contributed by atoms with Gasteiger partial charge in [0.15, 0.2) is 0 Å². The molecule has 4 rings (SSSR count). The fraction of sp³-hybridized carbons (Fsp3) is 0.412. The number of hydrogen-bond donors (Lipinski definition) is 1. The summed E-state index contributed by atoms with van der Waals surface area (Å²) in [6.45, 7) is 3.70. The smallest absolute Gasteiger partial charge is 0.318 e. The van der Waals surface area contributed by atoms with Crippen LogP contribution in [0.2, 0.25) is 0 Å². The van der Waals surface area contributed by atoms with E-state index in [4.69, 9.17) is 4.74 Å². The van der Waals surface area contributed by atoms with Crippen LogP contribution in [-0.4, -0.2) is 30.2 Å². The predicted octanol–water partition coefficient (Wildman–Crippen LogP) is 1.69. The van der Waals surface area contributed by atoms with E-state index in [2.05, 4.69) is 44.5 Å². The zero-order valence-electron chi connectivity index (χ0n) is 12.8. The number of benzene rings is 1. The van der Waals surface area contributed by atoms with Gasteiger partial charge in [-0.05, 0) is 17.5 Å². The first-order valence-electron chi connectivity index (χ1n) is 7.81. The minimum Gasteiger partial charge on any atom is -0.467 e. The quantitative estimate of drug-likeness (QED) is 0.914. The predicted molar refractivity (Wildman–Crippen MR) is 85.2 cm³/mol. The second-order valence-electron chi connectivity index (χ2n) is 5.83. The summed E-state index contributed by atoms with van der Waals surface area (Å²) in [6.07, 6.45) is 2.00. The minimum absolute atomic E-state index is 0.481. The molecule has 1 aromatic carbocycles. The highest BCUT2D eigenvalue weighted by Crippen LogP contribution is 2.29. The maximum Gasteiger partial charge on any atom is 0.318 e. The van der Waals surface area contributed by atoms with Crippen LogP contribution in [0.5, 0.6) is 6.01 Å². The van der Waals surface area contributed by atoms with Crippen LogP contribution in [0, 0.1) is 0 Å². The van der Waals surface area contributed by atoms with Gasteiger partial charge in [0.1, 0.15) is 5.82 Å². The van der Waals surface area contributed by atoms with Gasteiger partial charge in [0.2, 0.25) is 0 Å². The molecule has 114 valence electrons. The summed E-state index contributed by atoms with van der Waals surface area (Å²) in [6, 6.07) is 9.15. The number of aromatic nitrogens is 2. The van der Waals surface area contributed by atoms with Crippen LogP contribution in [0.3, 0.4) is 0 Å². The van der Waals surface area contributed by atoms with Gasteiger partial charge in [-0.15, -0.1) is 0 Å². The van der Waals surface area contributed by atoms with Crippen molar-refractivity contribution in [3.63, 3.8) is 0 Å². The van der Waals surface area contributed by atoms with E-state index in [0.717, 1.165) is 50.5 Å². The highest BCUT2D eigenvalue weighted by Gasteiger charge is 2.24. The Balaban J connectivity index is 1.73. The van der Waals surface area contributed by atoms with E-state index < -0.39 is 0 Å². The molecule has 2 aliphatic rings. The molecule has 0 saturated heterocycles. The third-order valence-electron chi connectivity index (χ3n) is 4.50. The van der Waals surface area contributed by atoms with Crippen molar-refractivity contribution < 1.29 is 4.74 Å². The van der Waals surface area contributed by atoms with Crippen LogP contribution in [0.15, 0.2) is 24.3 Å². The highest BCUT2D eigenvalue weighted by atomic mass is 16.5. The van der Waals surface area contributed by atoms with Crippen LogP contribution < -0.4 is 15.0 Å². The third kappa shape index (κ3) is 2.31. The minimum atomic E-state index is 0.481. The molecule has 5 heteroatoms. The molecule has 5 nitrogen and oxygen atoms in total. The van der Waals surface area contributed by atoms with Crippen LogP contribution >= 0.6 is 0 Å². The van der Waals surface area contributed by atoms with E-state index in [1.807, 2.05) is 0 Å². The molecule has 0 bridgehead atoms. The summed E-state index contributed by atoms with van der Waals surface area (Å²) in [4.78, 5) is 11.5. The van der Waals surface area contributed by atoms with Gasteiger partial charge in [-0.1, -0.05) is 24.3 Å². The molecule has 0 radical (unpaired) electrons. The molecule has 0 aliphatic carbocycles. The van der Waals surface area contributed by atoms with Gasteiger partial charge in [0.25, 0.3) is 0 Å². The Morgan fingerprint density at radius 3 is 2.86 bits per heavy atom. The first-order valence-corrected chi connectivity index (χ1v) is 7.81. The Labute approximate surface area is 130 Å². The van der Waals surface area contributed by atoms with Crippen molar-refractivity contribution >= 4 is 5.82 Å². The van der Waals surface area contributed by atoms with Crippen molar-refractivity contribution in [1.29, 1.82) is 0 Å². The zero-order chi connectivity index (χ0) is 14.9. The third-order valence-corrected chi connectivity index (χ3v) is 4.50. The molecular weight excluding hydrogens is 276 g/mol. The number of rotatable bonds is 2. The van der Waals surface area contributed by atoms with Gasteiger partial charge < -0.3 is 15.0 Å². The fourth-order valence-corrected chi connectivity index (χ4v) is 3.33. The second-order valence-corrected chi connectivity index (χ2v) is 5.83. The van der Waals surface area contributed by atoms with Crippen molar-refractivity contribution in [3.8, 4) is 6.01 Å². The maximum atomic E-state index is 5.31. The molecule has 2 aromatic rings. The normalized spacial score (nSPS) is 16.9. The zero-order valence-corrected chi connectivity index (χ0v) is 12.8. The Morgan fingerprint density at radius 2 is 2.00 bits per heavy atom. The van der Waals surface area contributed by atoms with E-state index in [1.165, 1.54) is 16.7 Å². The van der Waals surface area contributed by atoms with E-state index >= 15 is 0 Å². The number of fused-ring (bicyclic) bond motifs is 2. The lowest BCUT2D eigenvalue weighted by molar-refractivity contribution is 0.375. The number of anilines is 1. The molecule has 0 unspecified atom stereocenters.